The smallest absolute Gasteiger partial charge is 0.255 e. The second-order valence-electron chi connectivity index (χ2n) is 5.47. The van der Waals surface area contributed by atoms with Crippen LogP contribution in [0.5, 0.6) is 11.5 Å². The van der Waals surface area contributed by atoms with Crippen molar-refractivity contribution in [3.63, 3.8) is 0 Å². The molecular formula is C17H15N5O3. The van der Waals surface area contributed by atoms with Crippen molar-refractivity contribution in [1.82, 2.24) is 20.2 Å². The molecule has 0 unspecified atom stereocenters. The first-order chi connectivity index (χ1) is 12.3. The number of hydrogen-bond donors (Lipinski definition) is 1. The fourth-order valence-corrected chi connectivity index (χ4v) is 2.49. The van der Waals surface area contributed by atoms with Crippen LogP contribution < -0.4 is 14.8 Å². The molecule has 1 aromatic heterocycles. The average molecular weight is 337 g/mol. The molecule has 0 bridgehead atoms. The molecule has 0 saturated heterocycles. The summed E-state index contributed by atoms with van der Waals surface area (Å²) in [6.07, 6.45) is 2.33. The number of ether oxygens (including phenoxy) is 2. The second-order valence-corrected chi connectivity index (χ2v) is 5.47. The van der Waals surface area contributed by atoms with Gasteiger partial charge in [-0.15, -0.1) is 5.10 Å². The molecule has 3 aromatic rings. The van der Waals surface area contributed by atoms with E-state index in [-0.39, 0.29) is 5.91 Å². The van der Waals surface area contributed by atoms with Gasteiger partial charge in [-0.3, -0.25) is 4.79 Å². The molecule has 0 spiro atoms. The molecule has 8 heteroatoms. The summed E-state index contributed by atoms with van der Waals surface area (Å²) < 4.78 is 12.7. The number of carbonyl (C=O) groups is 1. The fourth-order valence-electron chi connectivity index (χ4n) is 2.49. The van der Waals surface area contributed by atoms with Crippen molar-refractivity contribution in [3.05, 3.63) is 54.4 Å². The zero-order valence-electron chi connectivity index (χ0n) is 13.3. The summed E-state index contributed by atoms with van der Waals surface area (Å²) in [5.41, 5.74) is 1.96. The zero-order valence-corrected chi connectivity index (χ0v) is 13.3. The average Bonchev–Trinajstić information content (AvgIpc) is 3.08. The highest BCUT2D eigenvalue weighted by Crippen LogP contribution is 2.32. The minimum atomic E-state index is -0.210. The highest BCUT2D eigenvalue weighted by Gasteiger charge is 2.13. The van der Waals surface area contributed by atoms with E-state index in [9.17, 15) is 4.79 Å². The van der Waals surface area contributed by atoms with Crippen LogP contribution in [0.1, 0.15) is 16.8 Å². The highest BCUT2D eigenvalue weighted by atomic mass is 16.5. The van der Waals surface area contributed by atoms with Gasteiger partial charge >= 0.3 is 0 Å². The molecule has 0 atom stereocenters. The maximum atomic E-state index is 12.4. The molecule has 1 aliphatic rings. The number of carbonyl (C=O) groups excluding carboxylic acids is 1. The normalized spacial score (nSPS) is 13.1. The van der Waals surface area contributed by atoms with Crippen molar-refractivity contribution < 1.29 is 14.3 Å². The summed E-state index contributed by atoms with van der Waals surface area (Å²) in [6, 6.07) is 12.4. The number of rotatable bonds is 3. The number of hydrogen-bond acceptors (Lipinski definition) is 6. The number of fused-ring (bicyclic) bond motifs is 1. The SMILES string of the molecule is O=C(Nc1ccc2c(c1)OCCCO2)c1ccc(-n2cnnn2)cc1. The first kappa shape index (κ1) is 15.1. The molecule has 2 aromatic carbocycles. The summed E-state index contributed by atoms with van der Waals surface area (Å²) in [7, 11) is 0. The summed E-state index contributed by atoms with van der Waals surface area (Å²) in [5, 5.41) is 13.8. The molecule has 4 rings (SSSR count). The predicted octanol–water partition coefficient (Wildman–Crippen LogP) is 2.08. The van der Waals surface area contributed by atoms with Crippen LogP contribution in [0.2, 0.25) is 0 Å². The summed E-state index contributed by atoms with van der Waals surface area (Å²) in [6.45, 7) is 1.23. The van der Waals surface area contributed by atoms with E-state index in [1.54, 1.807) is 42.5 Å². The molecule has 1 aliphatic heterocycles. The Morgan fingerprint density at radius 2 is 1.84 bits per heavy atom. The van der Waals surface area contributed by atoms with Gasteiger partial charge in [0.05, 0.1) is 18.9 Å². The van der Waals surface area contributed by atoms with Crippen LogP contribution in [0.25, 0.3) is 5.69 Å². The zero-order chi connectivity index (χ0) is 17.1. The third-order valence-electron chi connectivity index (χ3n) is 3.75. The van der Waals surface area contributed by atoms with Crippen LogP contribution in [0.15, 0.2) is 48.8 Å². The Morgan fingerprint density at radius 3 is 2.60 bits per heavy atom. The van der Waals surface area contributed by atoms with Crippen LogP contribution >= 0.6 is 0 Å². The van der Waals surface area contributed by atoms with E-state index in [0.717, 1.165) is 12.1 Å². The van der Waals surface area contributed by atoms with Gasteiger partial charge in [-0.25, -0.2) is 4.68 Å². The molecule has 1 N–H and O–H groups in total. The lowest BCUT2D eigenvalue weighted by atomic mass is 10.2. The van der Waals surface area contributed by atoms with Crippen LogP contribution in [-0.2, 0) is 0 Å². The molecule has 0 fully saturated rings. The molecule has 0 aliphatic carbocycles. The Kier molecular flexibility index (Phi) is 3.99. The molecule has 0 saturated carbocycles. The first-order valence-corrected chi connectivity index (χ1v) is 7.84. The number of aromatic nitrogens is 4. The summed E-state index contributed by atoms with van der Waals surface area (Å²) in [4.78, 5) is 12.4. The number of tetrazole rings is 1. The van der Waals surface area contributed by atoms with Crippen LogP contribution in [0.3, 0.4) is 0 Å². The standard InChI is InChI=1S/C17H15N5O3/c23-17(12-2-5-14(6-3-12)22-11-18-20-21-22)19-13-4-7-15-16(10-13)25-9-1-8-24-15/h2-7,10-11H,1,8-9H2,(H,19,23). The largest absolute Gasteiger partial charge is 0.490 e. The molecule has 126 valence electrons. The molecule has 2 heterocycles. The van der Waals surface area contributed by atoms with E-state index in [2.05, 4.69) is 20.8 Å². The predicted molar refractivity (Wildman–Crippen MR) is 89.2 cm³/mol. The quantitative estimate of drug-likeness (QED) is 0.787. The van der Waals surface area contributed by atoms with Gasteiger partial charge in [0, 0.05) is 23.7 Å². The minimum absolute atomic E-state index is 0.210. The van der Waals surface area contributed by atoms with Gasteiger partial charge in [-0.2, -0.15) is 0 Å². The third kappa shape index (κ3) is 3.27. The molecule has 0 radical (unpaired) electrons. The lowest BCUT2D eigenvalue weighted by molar-refractivity contribution is 0.102. The Balaban J connectivity index is 1.49. The van der Waals surface area contributed by atoms with Crippen molar-refractivity contribution in [3.8, 4) is 17.2 Å². The Bertz CT molecular complexity index is 878. The van der Waals surface area contributed by atoms with Gasteiger partial charge in [0.15, 0.2) is 11.5 Å². The first-order valence-electron chi connectivity index (χ1n) is 7.84. The fraction of sp³-hybridized carbons (Fsp3) is 0.176. The van der Waals surface area contributed by atoms with Crippen LogP contribution in [0, 0.1) is 0 Å². The van der Waals surface area contributed by atoms with Gasteiger partial charge in [0.25, 0.3) is 5.91 Å². The topological polar surface area (TPSA) is 91.2 Å². The van der Waals surface area contributed by atoms with Crippen LogP contribution in [-0.4, -0.2) is 39.3 Å². The highest BCUT2D eigenvalue weighted by molar-refractivity contribution is 6.04. The maximum absolute atomic E-state index is 12.4. The number of nitrogens with zero attached hydrogens (tertiary/aromatic N) is 4. The van der Waals surface area contributed by atoms with E-state index in [1.807, 2.05) is 0 Å². The second kappa shape index (κ2) is 6.60. The lowest BCUT2D eigenvalue weighted by Crippen LogP contribution is -2.12. The molecular weight excluding hydrogens is 322 g/mol. The number of nitrogens with one attached hydrogen (secondary N) is 1. The maximum Gasteiger partial charge on any atom is 0.255 e. The minimum Gasteiger partial charge on any atom is -0.490 e. The van der Waals surface area contributed by atoms with E-state index >= 15 is 0 Å². The van der Waals surface area contributed by atoms with Crippen molar-refractivity contribution in [1.29, 1.82) is 0 Å². The van der Waals surface area contributed by atoms with Gasteiger partial charge in [-0.1, -0.05) is 0 Å². The van der Waals surface area contributed by atoms with Crippen molar-refractivity contribution in [2.45, 2.75) is 6.42 Å². The molecule has 25 heavy (non-hydrogen) atoms. The van der Waals surface area contributed by atoms with Crippen molar-refractivity contribution in [2.24, 2.45) is 0 Å². The van der Waals surface area contributed by atoms with Gasteiger partial charge < -0.3 is 14.8 Å². The van der Waals surface area contributed by atoms with E-state index < -0.39 is 0 Å². The number of benzene rings is 2. The van der Waals surface area contributed by atoms with E-state index in [4.69, 9.17) is 9.47 Å². The van der Waals surface area contributed by atoms with Crippen LogP contribution in [0.4, 0.5) is 5.69 Å². The van der Waals surface area contributed by atoms with E-state index in [0.29, 0.717) is 36.0 Å². The van der Waals surface area contributed by atoms with Gasteiger partial charge in [0.2, 0.25) is 0 Å². The molecule has 8 nitrogen and oxygen atoms in total. The van der Waals surface area contributed by atoms with Crippen molar-refractivity contribution in [2.75, 3.05) is 18.5 Å². The summed E-state index contributed by atoms with van der Waals surface area (Å²) in [5.74, 6) is 1.13. The number of anilines is 1. The summed E-state index contributed by atoms with van der Waals surface area (Å²) >= 11 is 0. The monoisotopic (exact) mass is 337 g/mol. The van der Waals surface area contributed by atoms with Gasteiger partial charge in [0.1, 0.15) is 6.33 Å². The third-order valence-corrected chi connectivity index (χ3v) is 3.75. The lowest BCUT2D eigenvalue weighted by Gasteiger charge is -2.10. The Labute approximate surface area is 143 Å². The Morgan fingerprint density at radius 1 is 1.04 bits per heavy atom. The molecule has 1 amide bonds. The number of amides is 1. The van der Waals surface area contributed by atoms with Crippen molar-refractivity contribution >= 4 is 11.6 Å². The Hall–Kier alpha value is -3.42. The van der Waals surface area contributed by atoms with E-state index in [1.165, 1.54) is 11.0 Å². The van der Waals surface area contributed by atoms with Gasteiger partial charge in [-0.05, 0) is 46.8 Å².